The molecule has 0 radical (unpaired) electrons. The number of hydrogen-bond acceptors (Lipinski definition) is 0. The van der Waals surface area contributed by atoms with Crippen molar-refractivity contribution in [1.82, 2.24) is 0 Å². The molecule has 0 spiro atoms. The first-order valence-corrected chi connectivity index (χ1v) is 4.62. The second kappa shape index (κ2) is 7.07. The predicted molar refractivity (Wildman–Crippen MR) is 46.4 cm³/mol. The number of rotatable bonds is 6. The van der Waals surface area contributed by atoms with Crippen molar-refractivity contribution >= 4 is 0 Å². The van der Waals surface area contributed by atoms with Gasteiger partial charge >= 0.3 is 0 Å². The standard InChI is InChI=1S/C9H21N/c1-4-6-7-9-10(3)8-5-2/h4-9H2,1-3H3/p+1. The summed E-state index contributed by atoms with van der Waals surface area (Å²) in [5, 5.41) is 0. The van der Waals surface area contributed by atoms with Gasteiger partial charge in [0.1, 0.15) is 0 Å². The molecule has 0 saturated carbocycles. The minimum Gasteiger partial charge on any atom is -0.337 e. The third-order valence-electron chi connectivity index (χ3n) is 1.88. The highest BCUT2D eigenvalue weighted by molar-refractivity contribution is 4.33. The van der Waals surface area contributed by atoms with E-state index in [4.69, 9.17) is 0 Å². The summed E-state index contributed by atoms with van der Waals surface area (Å²) in [6.07, 6.45) is 5.47. The molecule has 0 aromatic carbocycles. The smallest absolute Gasteiger partial charge is 0.0768 e. The molecule has 0 bridgehead atoms. The Morgan fingerprint density at radius 1 is 0.900 bits per heavy atom. The van der Waals surface area contributed by atoms with Crippen molar-refractivity contribution in [3.8, 4) is 0 Å². The van der Waals surface area contributed by atoms with Crippen LogP contribution in [0.1, 0.15) is 39.5 Å². The molecular formula is C9H22N+. The molecule has 1 heteroatoms. The molecule has 0 heterocycles. The van der Waals surface area contributed by atoms with E-state index in [9.17, 15) is 0 Å². The van der Waals surface area contributed by atoms with Crippen LogP contribution in [-0.2, 0) is 0 Å². The molecule has 0 amide bonds. The van der Waals surface area contributed by atoms with E-state index in [-0.39, 0.29) is 0 Å². The minimum atomic E-state index is 1.32. The van der Waals surface area contributed by atoms with E-state index in [0.29, 0.717) is 0 Å². The quantitative estimate of drug-likeness (QED) is 0.532. The first-order chi connectivity index (χ1) is 4.81. The summed E-state index contributed by atoms with van der Waals surface area (Å²) in [6.45, 7) is 7.21. The van der Waals surface area contributed by atoms with Crippen LogP contribution in [0.5, 0.6) is 0 Å². The minimum absolute atomic E-state index is 1.32. The Morgan fingerprint density at radius 2 is 1.60 bits per heavy atom. The summed E-state index contributed by atoms with van der Waals surface area (Å²) in [5.74, 6) is 0. The molecule has 0 aliphatic rings. The van der Waals surface area contributed by atoms with Gasteiger partial charge in [-0.15, -0.1) is 0 Å². The van der Waals surface area contributed by atoms with E-state index in [0.717, 1.165) is 0 Å². The van der Waals surface area contributed by atoms with E-state index in [2.05, 4.69) is 20.9 Å². The van der Waals surface area contributed by atoms with E-state index in [1.54, 1.807) is 4.90 Å². The van der Waals surface area contributed by atoms with Gasteiger partial charge in [-0.25, -0.2) is 0 Å². The molecule has 0 saturated heterocycles. The van der Waals surface area contributed by atoms with Gasteiger partial charge in [-0.1, -0.05) is 20.3 Å². The van der Waals surface area contributed by atoms with Crippen molar-refractivity contribution < 1.29 is 4.90 Å². The molecule has 10 heavy (non-hydrogen) atoms. The van der Waals surface area contributed by atoms with E-state index >= 15 is 0 Å². The van der Waals surface area contributed by atoms with Crippen LogP contribution in [0.15, 0.2) is 0 Å². The number of quaternary nitrogens is 1. The molecule has 0 fully saturated rings. The Balaban J connectivity index is 2.97. The normalized spacial score (nSPS) is 13.5. The molecule has 0 aliphatic heterocycles. The zero-order valence-electron chi connectivity index (χ0n) is 7.74. The van der Waals surface area contributed by atoms with Gasteiger partial charge in [0.2, 0.25) is 0 Å². The maximum atomic E-state index is 2.29. The fourth-order valence-electron chi connectivity index (χ4n) is 1.23. The van der Waals surface area contributed by atoms with Gasteiger partial charge in [0.25, 0.3) is 0 Å². The average Bonchev–Trinajstić information content (AvgIpc) is 1.89. The lowest BCUT2D eigenvalue weighted by Crippen LogP contribution is -3.08. The van der Waals surface area contributed by atoms with Crippen LogP contribution in [-0.4, -0.2) is 20.1 Å². The maximum absolute atomic E-state index is 2.29. The highest BCUT2D eigenvalue weighted by Crippen LogP contribution is 1.88. The van der Waals surface area contributed by atoms with Gasteiger partial charge in [-0.2, -0.15) is 0 Å². The van der Waals surface area contributed by atoms with E-state index in [1.807, 2.05) is 0 Å². The van der Waals surface area contributed by atoms with Gasteiger partial charge in [-0.05, 0) is 19.3 Å². The lowest BCUT2D eigenvalue weighted by Gasteiger charge is -2.11. The molecule has 1 atom stereocenters. The summed E-state index contributed by atoms with van der Waals surface area (Å²) in [6, 6.07) is 0. The Morgan fingerprint density at radius 3 is 2.10 bits per heavy atom. The van der Waals surface area contributed by atoms with Crippen molar-refractivity contribution in [3.63, 3.8) is 0 Å². The summed E-state index contributed by atoms with van der Waals surface area (Å²) in [5.41, 5.74) is 0. The highest BCUT2D eigenvalue weighted by Gasteiger charge is 1.97. The second-order valence-electron chi connectivity index (χ2n) is 3.16. The van der Waals surface area contributed by atoms with Crippen LogP contribution >= 0.6 is 0 Å². The fourth-order valence-corrected chi connectivity index (χ4v) is 1.23. The van der Waals surface area contributed by atoms with E-state index in [1.165, 1.54) is 38.8 Å². The average molecular weight is 144 g/mol. The third kappa shape index (κ3) is 6.09. The van der Waals surface area contributed by atoms with Crippen molar-refractivity contribution in [1.29, 1.82) is 0 Å². The molecular weight excluding hydrogens is 122 g/mol. The van der Waals surface area contributed by atoms with Gasteiger partial charge in [0.05, 0.1) is 20.1 Å². The van der Waals surface area contributed by atoms with Crippen molar-refractivity contribution in [2.45, 2.75) is 39.5 Å². The van der Waals surface area contributed by atoms with Crippen LogP contribution in [0.4, 0.5) is 0 Å². The first kappa shape index (κ1) is 9.96. The monoisotopic (exact) mass is 144 g/mol. The summed E-state index contributed by atoms with van der Waals surface area (Å²) in [7, 11) is 2.29. The zero-order chi connectivity index (χ0) is 7.82. The Bertz CT molecular complexity index is 61.7. The molecule has 0 aliphatic carbocycles. The summed E-state index contributed by atoms with van der Waals surface area (Å²) >= 11 is 0. The second-order valence-corrected chi connectivity index (χ2v) is 3.16. The lowest BCUT2D eigenvalue weighted by molar-refractivity contribution is -0.879. The molecule has 0 aromatic rings. The van der Waals surface area contributed by atoms with Gasteiger partial charge < -0.3 is 4.90 Å². The number of nitrogens with one attached hydrogen (secondary N) is 1. The van der Waals surface area contributed by atoms with Crippen LogP contribution in [0.2, 0.25) is 0 Å². The van der Waals surface area contributed by atoms with E-state index < -0.39 is 0 Å². The zero-order valence-corrected chi connectivity index (χ0v) is 7.74. The molecule has 1 N–H and O–H groups in total. The van der Waals surface area contributed by atoms with Crippen LogP contribution < -0.4 is 4.90 Å². The summed E-state index contributed by atoms with van der Waals surface area (Å²) < 4.78 is 0. The Hall–Kier alpha value is -0.0400. The van der Waals surface area contributed by atoms with Crippen molar-refractivity contribution in [3.05, 3.63) is 0 Å². The maximum Gasteiger partial charge on any atom is 0.0768 e. The molecule has 0 rings (SSSR count). The SMILES string of the molecule is CCCCC[NH+](C)CCC. The summed E-state index contributed by atoms with van der Waals surface area (Å²) in [4.78, 5) is 1.69. The number of unbranched alkanes of at least 4 members (excludes halogenated alkanes) is 2. The lowest BCUT2D eigenvalue weighted by atomic mass is 10.2. The molecule has 1 unspecified atom stereocenters. The molecule has 62 valence electrons. The fraction of sp³-hybridized carbons (Fsp3) is 1.00. The van der Waals surface area contributed by atoms with Crippen LogP contribution in [0, 0.1) is 0 Å². The Labute approximate surface area is 65.4 Å². The van der Waals surface area contributed by atoms with Crippen LogP contribution in [0.3, 0.4) is 0 Å². The van der Waals surface area contributed by atoms with Crippen molar-refractivity contribution in [2.75, 3.05) is 20.1 Å². The number of hydrogen-bond donors (Lipinski definition) is 1. The predicted octanol–water partition coefficient (Wildman–Crippen LogP) is 1.10. The van der Waals surface area contributed by atoms with Gasteiger partial charge in [-0.3, -0.25) is 0 Å². The largest absolute Gasteiger partial charge is 0.337 e. The van der Waals surface area contributed by atoms with Gasteiger partial charge in [0.15, 0.2) is 0 Å². The molecule has 1 nitrogen and oxygen atoms in total. The topological polar surface area (TPSA) is 4.44 Å². The first-order valence-electron chi connectivity index (χ1n) is 4.62. The Kier molecular flexibility index (Phi) is 7.04. The van der Waals surface area contributed by atoms with Crippen molar-refractivity contribution in [2.24, 2.45) is 0 Å². The highest BCUT2D eigenvalue weighted by atomic mass is 15.1. The van der Waals surface area contributed by atoms with Crippen LogP contribution in [0.25, 0.3) is 0 Å². The molecule has 0 aromatic heterocycles. The third-order valence-corrected chi connectivity index (χ3v) is 1.88. The van der Waals surface area contributed by atoms with Gasteiger partial charge in [0, 0.05) is 0 Å².